The normalized spacial score (nSPS) is 14.1. The topological polar surface area (TPSA) is 62.0 Å². The summed E-state index contributed by atoms with van der Waals surface area (Å²) in [5, 5.41) is 4.96. The first kappa shape index (κ1) is 14.1. The van der Waals surface area contributed by atoms with Crippen molar-refractivity contribution in [3.8, 4) is 0 Å². The maximum Gasteiger partial charge on any atom is 0.268 e. The first-order valence-electron chi connectivity index (χ1n) is 7.13. The van der Waals surface area contributed by atoms with Crippen molar-refractivity contribution in [1.29, 1.82) is 0 Å². The fraction of sp³-hybridized carbons (Fsp3) is 0.375. The third kappa shape index (κ3) is 2.53. The highest BCUT2D eigenvalue weighted by Crippen LogP contribution is 2.26. The highest BCUT2D eigenvalue weighted by Gasteiger charge is 2.26. The molecule has 21 heavy (non-hydrogen) atoms. The number of ketones is 1. The Bertz CT molecular complexity index is 712. The van der Waals surface area contributed by atoms with E-state index in [0.29, 0.717) is 18.7 Å². The molecular formula is C16H18N2O2S. The summed E-state index contributed by atoms with van der Waals surface area (Å²) in [5.41, 5.74) is 4.16. The van der Waals surface area contributed by atoms with Gasteiger partial charge >= 0.3 is 0 Å². The minimum absolute atomic E-state index is 0.137. The maximum absolute atomic E-state index is 12.3. The fourth-order valence-corrected chi connectivity index (χ4v) is 3.68. The van der Waals surface area contributed by atoms with Gasteiger partial charge in [0, 0.05) is 22.6 Å². The van der Waals surface area contributed by atoms with Crippen LogP contribution in [0.3, 0.4) is 0 Å². The van der Waals surface area contributed by atoms with Gasteiger partial charge in [0.05, 0.1) is 6.54 Å². The summed E-state index contributed by atoms with van der Waals surface area (Å²) >= 11 is 1.64. The number of hydrogen-bond acceptors (Lipinski definition) is 3. The number of thiophene rings is 1. The zero-order valence-electron chi connectivity index (χ0n) is 12.2. The molecule has 5 heteroatoms. The number of carbonyl (C=O) groups excluding carboxylic acids is 2. The lowest BCUT2D eigenvalue weighted by atomic mass is 9.94. The van der Waals surface area contributed by atoms with Crippen LogP contribution in [0.15, 0.2) is 11.4 Å². The zero-order chi connectivity index (χ0) is 15.0. The second-order valence-corrected chi connectivity index (χ2v) is 6.47. The van der Waals surface area contributed by atoms with Crippen molar-refractivity contribution >= 4 is 23.0 Å². The van der Waals surface area contributed by atoms with Crippen LogP contribution < -0.4 is 5.32 Å². The van der Waals surface area contributed by atoms with Gasteiger partial charge in [-0.15, -0.1) is 11.3 Å². The number of aromatic amines is 1. The first-order valence-corrected chi connectivity index (χ1v) is 8.01. The van der Waals surface area contributed by atoms with E-state index in [1.165, 1.54) is 5.56 Å². The van der Waals surface area contributed by atoms with E-state index in [2.05, 4.69) is 10.3 Å². The number of hydrogen-bond donors (Lipinski definition) is 2. The summed E-state index contributed by atoms with van der Waals surface area (Å²) in [5.74, 6) is 0.0145. The number of aromatic nitrogens is 1. The van der Waals surface area contributed by atoms with Crippen LogP contribution in [-0.2, 0) is 13.0 Å². The minimum Gasteiger partial charge on any atom is -0.354 e. The van der Waals surface area contributed by atoms with Crippen LogP contribution in [0.25, 0.3) is 0 Å². The van der Waals surface area contributed by atoms with Crippen molar-refractivity contribution in [1.82, 2.24) is 10.3 Å². The second kappa shape index (κ2) is 5.48. The maximum atomic E-state index is 12.3. The van der Waals surface area contributed by atoms with E-state index in [0.717, 1.165) is 34.5 Å². The molecule has 4 nitrogen and oxygen atoms in total. The largest absolute Gasteiger partial charge is 0.354 e. The van der Waals surface area contributed by atoms with Crippen molar-refractivity contribution in [3.05, 3.63) is 44.4 Å². The molecule has 0 fully saturated rings. The average molecular weight is 302 g/mol. The molecule has 1 amide bonds. The number of fused-ring (bicyclic) bond motifs is 1. The van der Waals surface area contributed by atoms with Crippen LogP contribution in [0, 0.1) is 13.8 Å². The quantitative estimate of drug-likeness (QED) is 0.915. The van der Waals surface area contributed by atoms with Crippen molar-refractivity contribution in [2.45, 2.75) is 39.7 Å². The van der Waals surface area contributed by atoms with Crippen LogP contribution in [0.2, 0.25) is 0 Å². The molecule has 2 aromatic heterocycles. The lowest BCUT2D eigenvalue weighted by molar-refractivity contribution is 0.0945. The van der Waals surface area contributed by atoms with E-state index in [4.69, 9.17) is 0 Å². The average Bonchev–Trinajstić information content (AvgIpc) is 3.01. The van der Waals surface area contributed by atoms with E-state index in [-0.39, 0.29) is 11.7 Å². The summed E-state index contributed by atoms with van der Waals surface area (Å²) in [4.78, 5) is 28.6. The molecule has 1 aliphatic rings. The number of amides is 1. The number of nitrogens with one attached hydrogen (secondary N) is 2. The van der Waals surface area contributed by atoms with E-state index >= 15 is 0 Å². The molecule has 0 spiro atoms. The molecule has 0 saturated heterocycles. The highest BCUT2D eigenvalue weighted by molar-refractivity contribution is 7.10. The summed E-state index contributed by atoms with van der Waals surface area (Å²) in [6.45, 7) is 4.42. The van der Waals surface area contributed by atoms with Crippen LogP contribution in [-0.4, -0.2) is 16.7 Å². The summed E-state index contributed by atoms with van der Waals surface area (Å²) in [6.07, 6.45) is 2.29. The predicted molar refractivity (Wildman–Crippen MR) is 83.0 cm³/mol. The van der Waals surface area contributed by atoms with E-state index in [9.17, 15) is 9.59 Å². The standard InChI is InChI=1S/C16H18N2O2S/c1-9-6-7-21-13(9)8-17-16(20)15-10(2)14-11(18-15)4-3-5-12(14)19/h6-7,18H,3-5,8H2,1-2H3,(H,17,20). The molecule has 0 saturated carbocycles. The molecule has 2 N–H and O–H groups in total. The van der Waals surface area contributed by atoms with Gasteiger partial charge < -0.3 is 10.3 Å². The molecule has 1 aliphatic carbocycles. The van der Waals surface area contributed by atoms with Gasteiger partial charge in [0.1, 0.15) is 5.69 Å². The number of carbonyl (C=O) groups is 2. The molecule has 0 aliphatic heterocycles. The number of H-pyrrole nitrogens is 1. The Morgan fingerprint density at radius 1 is 1.38 bits per heavy atom. The number of rotatable bonds is 3. The Labute approximate surface area is 127 Å². The Morgan fingerprint density at radius 2 is 2.19 bits per heavy atom. The van der Waals surface area contributed by atoms with E-state index in [1.54, 1.807) is 11.3 Å². The smallest absolute Gasteiger partial charge is 0.268 e. The SMILES string of the molecule is Cc1ccsc1CNC(=O)c1[nH]c2c(c1C)C(=O)CCC2. The molecule has 3 rings (SSSR count). The van der Waals surface area contributed by atoms with E-state index < -0.39 is 0 Å². The van der Waals surface area contributed by atoms with Gasteiger partial charge in [0.15, 0.2) is 5.78 Å². The molecule has 0 unspecified atom stereocenters. The third-order valence-corrected chi connectivity index (χ3v) is 5.06. The first-order chi connectivity index (χ1) is 10.1. The summed E-state index contributed by atoms with van der Waals surface area (Å²) in [7, 11) is 0. The molecule has 0 bridgehead atoms. The van der Waals surface area contributed by atoms with Crippen molar-refractivity contribution in [2.75, 3.05) is 0 Å². The lowest BCUT2D eigenvalue weighted by Crippen LogP contribution is -2.23. The molecule has 0 aromatic carbocycles. The number of aryl methyl sites for hydroxylation is 2. The highest BCUT2D eigenvalue weighted by atomic mass is 32.1. The van der Waals surface area contributed by atoms with Gasteiger partial charge in [-0.25, -0.2) is 0 Å². The van der Waals surface area contributed by atoms with Gasteiger partial charge in [-0.1, -0.05) is 0 Å². The van der Waals surface area contributed by atoms with Crippen molar-refractivity contribution in [3.63, 3.8) is 0 Å². The molecule has 110 valence electrons. The van der Waals surface area contributed by atoms with Crippen molar-refractivity contribution < 1.29 is 9.59 Å². The van der Waals surface area contributed by atoms with Gasteiger partial charge in [-0.05, 0) is 49.3 Å². The summed E-state index contributed by atoms with van der Waals surface area (Å²) in [6, 6.07) is 2.05. The van der Waals surface area contributed by atoms with Gasteiger partial charge in [0.2, 0.25) is 0 Å². The van der Waals surface area contributed by atoms with E-state index in [1.807, 2.05) is 25.3 Å². The van der Waals surface area contributed by atoms with Crippen LogP contribution in [0.4, 0.5) is 0 Å². The Kier molecular flexibility index (Phi) is 3.68. The van der Waals surface area contributed by atoms with Gasteiger partial charge in [-0.2, -0.15) is 0 Å². The summed E-state index contributed by atoms with van der Waals surface area (Å²) < 4.78 is 0. The number of Topliss-reactive ketones (excluding diaryl/α,β-unsaturated/α-hetero) is 1. The molecule has 0 radical (unpaired) electrons. The minimum atomic E-state index is -0.137. The van der Waals surface area contributed by atoms with Gasteiger partial charge in [-0.3, -0.25) is 9.59 Å². The predicted octanol–water partition coefficient (Wildman–Crippen LogP) is 3.14. The van der Waals surface area contributed by atoms with Crippen molar-refractivity contribution in [2.24, 2.45) is 0 Å². The molecule has 2 heterocycles. The molecular weight excluding hydrogens is 284 g/mol. The third-order valence-electron chi connectivity index (χ3n) is 4.04. The molecule has 0 atom stereocenters. The Balaban J connectivity index is 1.79. The fourth-order valence-electron chi connectivity index (χ4n) is 2.84. The Hall–Kier alpha value is -1.88. The van der Waals surface area contributed by atoms with Crippen LogP contribution >= 0.6 is 11.3 Å². The molecule has 2 aromatic rings. The van der Waals surface area contributed by atoms with Crippen LogP contribution in [0.1, 0.15) is 55.4 Å². The Morgan fingerprint density at radius 3 is 2.86 bits per heavy atom. The zero-order valence-corrected chi connectivity index (χ0v) is 13.0. The van der Waals surface area contributed by atoms with Crippen LogP contribution in [0.5, 0.6) is 0 Å². The monoisotopic (exact) mass is 302 g/mol. The second-order valence-electron chi connectivity index (χ2n) is 5.46. The lowest BCUT2D eigenvalue weighted by Gasteiger charge is -2.09. The van der Waals surface area contributed by atoms with Gasteiger partial charge in [0.25, 0.3) is 5.91 Å².